The van der Waals surface area contributed by atoms with Gasteiger partial charge in [-0.2, -0.15) is 0 Å². The molecule has 2 heterocycles. The highest BCUT2D eigenvalue weighted by atomic mass is 16.7. The quantitative estimate of drug-likeness (QED) is 0.637. The molecule has 0 unspecified atom stereocenters. The van der Waals surface area contributed by atoms with Gasteiger partial charge in [0.25, 0.3) is 0 Å². The maximum Gasteiger partial charge on any atom is 0.311 e. The third-order valence-corrected chi connectivity index (χ3v) is 3.92. The summed E-state index contributed by atoms with van der Waals surface area (Å²) in [5, 5.41) is 0. The van der Waals surface area contributed by atoms with Gasteiger partial charge in [0.2, 0.25) is 0 Å². The maximum absolute atomic E-state index is 11.5. The fourth-order valence-corrected chi connectivity index (χ4v) is 2.98. The van der Waals surface area contributed by atoms with Gasteiger partial charge in [0.05, 0.1) is 25.2 Å². The van der Waals surface area contributed by atoms with Crippen molar-refractivity contribution in [3.63, 3.8) is 0 Å². The van der Waals surface area contributed by atoms with E-state index in [4.69, 9.17) is 14.2 Å². The van der Waals surface area contributed by atoms with Crippen molar-refractivity contribution >= 4 is 5.97 Å². The van der Waals surface area contributed by atoms with Crippen LogP contribution in [-0.2, 0) is 19.0 Å². The lowest BCUT2D eigenvalue weighted by Gasteiger charge is -2.32. The van der Waals surface area contributed by atoms with E-state index in [1.165, 1.54) is 19.3 Å². The van der Waals surface area contributed by atoms with Crippen LogP contribution in [0.2, 0.25) is 0 Å². The molecule has 0 amide bonds. The Morgan fingerprint density at radius 3 is 2.69 bits per heavy atom. The van der Waals surface area contributed by atoms with E-state index < -0.39 is 0 Å². The van der Waals surface area contributed by atoms with Crippen molar-refractivity contribution in [3.05, 3.63) is 0 Å². The number of ether oxygens (including phenoxy) is 3. The van der Waals surface area contributed by atoms with Crippen molar-refractivity contribution in [3.8, 4) is 0 Å². The first-order valence-corrected chi connectivity index (χ1v) is 6.28. The SMILES string of the molecule is O=C1OCC[C@H]1[C@H]1COC2(CCCCC2)O1. The lowest BCUT2D eigenvalue weighted by molar-refractivity contribution is -0.192. The van der Waals surface area contributed by atoms with Crippen molar-refractivity contribution in [2.75, 3.05) is 13.2 Å². The van der Waals surface area contributed by atoms with Crippen LogP contribution in [0, 0.1) is 5.92 Å². The molecule has 16 heavy (non-hydrogen) atoms. The highest BCUT2D eigenvalue weighted by Crippen LogP contribution is 2.40. The first-order valence-electron chi connectivity index (χ1n) is 6.28. The van der Waals surface area contributed by atoms with E-state index in [0.717, 1.165) is 19.3 Å². The Kier molecular flexibility index (Phi) is 2.64. The Bertz CT molecular complexity index is 283. The number of hydrogen-bond acceptors (Lipinski definition) is 4. The van der Waals surface area contributed by atoms with Crippen LogP contribution in [0.4, 0.5) is 0 Å². The summed E-state index contributed by atoms with van der Waals surface area (Å²) in [6.07, 6.45) is 6.27. The van der Waals surface area contributed by atoms with Gasteiger partial charge < -0.3 is 14.2 Å². The largest absolute Gasteiger partial charge is 0.465 e. The summed E-state index contributed by atoms with van der Waals surface area (Å²) < 4.78 is 16.8. The Labute approximate surface area is 95.2 Å². The van der Waals surface area contributed by atoms with E-state index in [1.54, 1.807) is 0 Å². The number of cyclic esters (lactones) is 1. The fraction of sp³-hybridized carbons (Fsp3) is 0.917. The molecule has 1 aliphatic carbocycles. The summed E-state index contributed by atoms with van der Waals surface area (Å²) in [7, 11) is 0. The molecule has 3 rings (SSSR count). The summed E-state index contributed by atoms with van der Waals surface area (Å²) in [6.45, 7) is 1.09. The molecule has 1 spiro atoms. The van der Waals surface area contributed by atoms with E-state index >= 15 is 0 Å². The van der Waals surface area contributed by atoms with Crippen LogP contribution in [0.3, 0.4) is 0 Å². The minimum Gasteiger partial charge on any atom is -0.465 e. The summed E-state index contributed by atoms with van der Waals surface area (Å²) in [4.78, 5) is 11.5. The second kappa shape index (κ2) is 4.00. The first kappa shape index (κ1) is 10.5. The lowest BCUT2D eigenvalue weighted by Crippen LogP contribution is -2.35. The second-order valence-electron chi connectivity index (χ2n) is 5.00. The van der Waals surface area contributed by atoms with Crippen molar-refractivity contribution in [1.29, 1.82) is 0 Å². The minimum absolute atomic E-state index is 0.0758. The molecule has 0 aromatic carbocycles. The van der Waals surface area contributed by atoms with Crippen molar-refractivity contribution in [1.82, 2.24) is 0 Å². The van der Waals surface area contributed by atoms with Gasteiger partial charge in [-0.15, -0.1) is 0 Å². The monoisotopic (exact) mass is 226 g/mol. The van der Waals surface area contributed by atoms with Crippen molar-refractivity contribution in [2.45, 2.75) is 50.4 Å². The van der Waals surface area contributed by atoms with Crippen molar-refractivity contribution < 1.29 is 19.0 Å². The summed E-state index contributed by atoms with van der Waals surface area (Å²) >= 11 is 0. The molecule has 0 aromatic rings. The molecule has 3 aliphatic rings. The molecular weight excluding hydrogens is 208 g/mol. The molecule has 4 heteroatoms. The Hall–Kier alpha value is -0.610. The van der Waals surface area contributed by atoms with Crippen LogP contribution in [-0.4, -0.2) is 31.1 Å². The van der Waals surface area contributed by atoms with Gasteiger partial charge in [-0.05, 0) is 19.3 Å². The van der Waals surface area contributed by atoms with E-state index in [2.05, 4.69) is 0 Å². The molecule has 0 N–H and O–H groups in total. The van der Waals surface area contributed by atoms with Crippen LogP contribution < -0.4 is 0 Å². The Morgan fingerprint density at radius 1 is 1.19 bits per heavy atom. The highest BCUT2D eigenvalue weighted by Gasteiger charge is 2.47. The van der Waals surface area contributed by atoms with Gasteiger partial charge in [-0.25, -0.2) is 0 Å². The zero-order valence-electron chi connectivity index (χ0n) is 9.44. The van der Waals surface area contributed by atoms with Gasteiger partial charge in [0, 0.05) is 12.8 Å². The van der Waals surface area contributed by atoms with Gasteiger partial charge in [-0.3, -0.25) is 4.79 Å². The molecule has 0 aromatic heterocycles. The number of rotatable bonds is 1. The topological polar surface area (TPSA) is 44.8 Å². The lowest BCUT2D eigenvalue weighted by atomic mass is 9.94. The molecule has 90 valence electrons. The second-order valence-corrected chi connectivity index (χ2v) is 5.00. The standard InChI is InChI=1S/C12H18O4/c13-11-9(4-7-14-11)10-8-15-12(16-10)5-2-1-3-6-12/h9-10H,1-8H2/t9-,10+/m0/s1. The van der Waals surface area contributed by atoms with Crippen LogP contribution in [0.25, 0.3) is 0 Å². The average molecular weight is 226 g/mol. The molecule has 2 atom stereocenters. The normalized spacial score (nSPS) is 37.9. The molecule has 0 radical (unpaired) electrons. The smallest absolute Gasteiger partial charge is 0.311 e. The summed E-state index contributed by atoms with van der Waals surface area (Å²) in [5.74, 6) is -0.575. The highest BCUT2D eigenvalue weighted by molar-refractivity contribution is 5.74. The van der Waals surface area contributed by atoms with Crippen LogP contribution in [0.15, 0.2) is 0 Å². The van der Waals surface area contributed by atoms with E-state index in [1.807, 2.05) is 0 Å². The molecule has 4 nitrogen and oxygen atoms in total. The predicted molar refractivity (Wildman–Crippen MR) is 55.7 cm³/mol. The molecule has 1 saturated carbocycles. The molecule has 0 bridgehead atoms. The minimum atomic E-state index is -0.369. The third-order valence-electron chi connectivity index (χ3n) is 3.92. The van der Waals surface area contributed by atoms with Crippen molar-refractivity contribution in [2.24, 2.45) is 5.92 Å². The van der Waals surface area contributed by atoms with Crippen LogP contribution >= 0.6 is 0 Å². The summed E-state index contributed by atoms with van der Waals surface area (Å²) in [5.41, 5.74) is 0. The van der Waals surface area contributed by atoms with E-state index in [9.17, 15) is 4.79 Å². The Morgan fingerprint density at radius 2 is 2.00 bits per heavy atom. The van der Waals surface area contributed by atoms with E-state index in [0.29, 0.717) is 13.2 Å². The van der Waals surface area contributed by atoms with Gasteiger partial charge in [-0.1, -0.05) is 6.42 Å². The number of hydrogen-bond donors (Lipinski definition) is 0. The molecule has 3 fully saturated rings. The number of carbonyl (C=O) groups excluding carboxylic acids is 1. The zero-order valence-corrected chi connectivity index (χ0v) is 9.44. The summed E-state index contributed by atoms with van der Waals surface area (Å²) in [6, 6.07) is 0. The fourth-order valence-electron chi connectivity index (χ4n) is 2.98. The van der Waals surface area contributed by atoms with Gasteiger partial charge in [0.15, 0.2) is 5.79 Å². The molecule has 2 saturated heterocycles. The van der Waals surface area contributed by atoms with Gasteiger partial charge in [0.1, 0.15) is 0 Å². The zero-order chi connectivity index (χ0) is 11.0. The number of esters is 1. The predicted octanol–water partition coefficient (Wildman–Crippen LogP) is 1.63. The first-order chi connectivity index (χ1) is 7.79. The van der Waals surface area contributed by atoms with Crippen LogP contribution in [0.5, 0.6) is 0 Å². The van der Waals surface area contributed by atoms with Gasteiger partial charge >= 0.3 is 5.97 Å². The average Bonchev–Trinajstić information content (AvgIpc) is 2.87. The Balaban J connectivity index is 1.65. The van der Waals surface area contributed by atoms with Crippen LogP contribution in [0.1, 0.15) is 38.5 Å². The van der Waals surface area contributed by atoms with E-state index in [-0.39, 0.29) is 23.8 Å². The third kappa shape index (κ3) is 1.74. The number of carbonyl (C=O) groups is 1. The maximum atomic E-state index is 11.5. The molecular formula is C12H18O4. The molecule has 2 aliphatic heterocycles.